The Morgan fingerprint density at radius 3 is 2.67 bits per heavy atom. The molecule has 4 heteroatoms. The number of nitrogens with zero attached hydrogens (tertiary/aromatic N) is 1. The van der Waals surface area contributed by atoms with Crippen molar-refractivity contribution in [2.24, 2.45) is 11.7 Å². The van der Waals surface area contributed by atoms with Crippen molar-refractivity contribution in [3.8, 4) is 0 Å². The molecule has 1 aliphatic heterocycles. The largest absolute Gasteiger partial charge is 0.389 e. The highest BCUT2D eigenvalue weighted by atomic mass is 16.5. The Bertz CT molecular complexity index is 159. The minimum Gasteiger partial charge on any atom is -0.389 e. The Kier molecular flexibility index (Phi) is 6.17. The third-order valence-corrected chi connectivity index (χ3v) is 3.11. The monoisotopic (exact) mass is 216 g/mol. The highest BCUT2D eigenvalue weighted by Gasteiger charge is 2.20. The molecule has 1 fully saturated rings. The molecule has 0 aromatic heterocycles. The number of hydrogen-bond donors (Lipinski definition) is 2. The topological polar surface area (TPSA) is 58.7 Å². The van der Waals surface area contributed by atoms with Crippen LogP contribution in [-0.4, -0.2) is 56.0 Å². The van der Waals surface area contributed by atoms with E-state index in [1.54, 1.807) is 7.11 Å². The maximum Gasteiger partial charge on any atom is 0.0900 e. The van der Waals surface area contributed by atoms with Gasteiger partial charge in [-0.2, -0.15) is 0 Å². The van der Waals surface area contributed by atoms with Crippen molar-refractivity contribution in [3.05, 3.63) is 0 Å². The van der Waals surface area contributed by atoms with Crippen molar-refractivity contribution < 1.29 is 9.84 Å². The Morgan fingerprint density at radius 2 is 2.13 bits per heavy atom. The molecule has 4 nitrogen and oxygen atoms in total. The quantitative estimate of drug-likeness (QED) is 0.659. The molecular weight excluding hydrogens is 192 g/mol. The van der Waals surface area contributed by atoms with Crippen LogP contribution in [0.1, 0.15) is 19.3 Å². The van der Waals surface area contributed by atoms with Crippen molar-refractivity contribution in [2.45, 2.75) is 25.4 Å². The minimum atomic E-state index is -0.346. The average Bonchev–Trinajstić information content (AvgIpc) is 2.22. The van der Waals surface area contributed by atoms with Crippen LogP contribution in [0.4, 0.5) is 0 Å². The molecule has 1 saturated heterocycles. The summed E-state index contributed by atoms with van der Waals surface area (Å²) in [6.07, 6.45) is 3.24. The molecule has 0 aromatic rings. The summed E-state index contributed by atoms with van der Waals surface area (Å²) >= 11 is 0. The first kappa shape index (κ1) is 12.9. The van der Waals surface area contributed by atoms with Gasteiger partial charge in [-0.25, -0.2) is 0 Å². The standard InChI is InChI=1S/C11H24N2O2/c1-15-9-11(14)8-13-6-3-10(2-5-12)4-7-13/h10-11,14H,2-9,12H2,1H3. The first-order chi connectivity index (χ1) is 7.26. The number of aliphatic hydroxyl groups is 1. The highest BCUT2D eigenvalue weighted by Crippen LogP contribution is 2.19. The van der Waals surface area contributed by atoms with Crippen LogP contribution in [0.2, 0.25) is 0 Å². The molecule has 0 radical (unpaired) electrons. The van der Waals surface area contributed by atoms with E-state index in [1.807, 2.05) is 0 Å². The lowest BCUT2D eigenvalue weighted by atomic mass is 9.93. The lowest BCUT2D eigenvalue weighted by Crippen LogP contribution is -2.40. The van der Waals surface area contributed by atoms with Gasteiger partial charge >= 0.3 is 0 Å². The van der Waals surface area contributed by atoms with E-state index in [2.05, 4.69) is 4.90 Å². The molecule has 0 aromatic carbocycles. The summed E-state index contributed by atoms with van der Waals surface area (Å²) in [6.45, 7) is 4.15. The second-order valence-electron chi connectivity index (χ2n) is 4.43. The van der Waals surface area contributed by atoms with Crippen molar-refractivity contribution in [2.75, 3.05) is 39.9 Å². The van der Waals surface area contributed by atoms with Gasteiger partial charge in [0.05, 0.1) is 12.7 Å². The second-order valence-corrected chi connectivity index (χ2v) is 4.43. The zero-order valence-electron chi connectivity index (χ0n) is 9.69. The summed E-state index contributed by atoms with van der Waals surface area (Å²) in [5, 5.41) is 9.58. The molecule has 1 heterocycles. The van der Waals surface area contributed by atoms with E-state index in [-0.39, 0.29) is 6.10 Å². The Labute approximate surface area is 92.4 Å². The van der Waals surface area contributed by atoms with Crippen LogP contribution in [0.15, 0.2) is 0 Å². The summed E-state index contributed by atoms with van der Waals surface area (Å²) in [5.41, 5.74) is 5.54. The molecule has 3 N–H and O–H groups in total. The summed E-state index contributed by atoms with van der Waals surface area (Å²) in [7, 11) is 1.62. The van der Waals surface area contributed by atoms with Crippen molar-refractivity contribution in [3.63, 3.8) is 0 Å². The fourth-order valence-corrected chi connectivity index (χ4v) is 2.24. The Hall–Kier alpha value is -0.160. The molecule has 0 spiro atoms. The fourth-order valence-electron chi connectivity index (χ4n) is 2.24. The van der Waals surface area contributed by atoms with Gasteiger partial charge in [0.15, 0.2) is 0 Å². The first-order valence-corrected chi connectivity index (χ1v) is 5.85. The maximum absolute atomic E-state index is 9.58. The number of ether oxygens (including phenoxy) is 1. The summed E-state index contributed by atoms with van der Waals surface area (Å²) < 4.78 is 4.91. The van der Waals surface area contributed by atoms with E-state index in [9.17, 15) is 5.11 Å². The smallest absolute Gasteiger partial charge is 0.0900 e. The van der Waals surface area contributed by atoms with Crippen LogP contribution in [0, 0.1) is 5.92 Å². The van der Waals surface area contributed by atoms with Gasteiger partial charge in [0.1, 0.15) is 0 Å². The minimum absolute atomic E-state index is 0.346. The number of nitrogens with two attached hydrogens (primary N) is 1. The van der Waals surface area contributed by atoms with E-state index >= 15 is 0 Å². The summed E-state index contributed by atoms with van der Waals surface area (Å²) in [5.74, 6) is 0.797. The summed E-state index contributed by atoms with van der Waals surface area (Å²) in [6, 6.07) is 0. The van der Waals surface area contributed by atoms with Gasteiger partial charge in [-0.05, 0) is 44.8 Å². The molecule has 0 bridgehead atoms. The number of piperidine rings is 1. The van der Waals surface area contributed by atoms with E-state index in [0.29, 0.717) is 6.61 Å². The van der Waals surface area contributed by atoms with Crippen LogP contribution >= 0.6 is 0 Å². The number of aliphatic hydroxyl groups excluding tert-OH is 1. The molecule has 1 atom stereocenters. The normalized spacial score (nSPS) is 21.8. The Morgan fingerprint density at radius 1 is 1.47 bits per heavy atom. The third kappa shape index (κ3) is 4.93. The van der Waals surface area contributed by atoms with Crippen LogP contribution in [0.5, 0.6) is 0 Å². The van der Waals surface area contributed by atoms with Gasteiger partial charge in [-0.15, -0.1) is 0 Å². The number of rotatable bonds is 6. The first-order valence-electron chi connectivity index (χ1n) is 5.85. The zero-order chi connectivity index (χ0) is 11.1. The second kappa shape index (κ2) is 7.17. The molecule has 0 saturated carbocycles. The maximum atomic E-state index is 9.58. The van der Waals surface area contributed by atoms with Gasteiger partial charge < -0.3 is 20.5 Å². The number of likely N-dealkylation sites (tertiary alicyclic amines) is 1. The number of β-amino-alcohol motifs (C(OH)–C–C–N with tert-alkyl or cyclic N) is 1. The SMILES string of the molecule is COCC(O)CN1CCC(CCN)CC1. The molecule has 0 aliphatic carbocycles. The van der Waals surface area contributed by atoms with Crippen LogP contribution < -0.4 is 5.73 Å². The van der Waals surface area contributed by atoms with Crippen LogP contribution in [-0.2, 0) is 4.74 Å². The predicted molar refractivity (Wildman–Crippen MR) is 60.7 cm³/mol. The van der Waals surface area contributed by atoms with Crippen molar-refractivity contribution in [1.82, 2.24) is 4.90 Å². The lowest BCUT2D eigenvalue weighted by Gasteiger charge is -2.32. The van der Waals surface area contributed by atoms with Crippen LogP contribution in [0.3, 0.4) is 0 Å². The molecule has 1 aliphatic rings. The van der Waals surface area contributed by atoms with Gasteiger partial charge in [0.2, 0.25) is 0 Å². The molecular formula is C11H24N2O2. The number of methoxy groups -OCH3 is 1. The van der Waals surface area contributed by atoms with Gasteiger partial charge in [-0.1, -0.05) is 0 Å². The molecule has 15 heavy (non-hydrogen) atoms. The van der Waals surface area contributed by atoms with E-state index in [0.717, 1.165) is 38.5 Å². The van der Waals surface area contributed by atoms with E-state index in [1.165, 1.54) is 12.8 Å². The Balaban J connectivity index is 2.14. The van der Waals surface area contributed by atoms with Crippen molar-refractivity contribution in [1.29, 1.82) is 0 Å². The van der Waals surface area contributed by atoms with Gasteiger partial charge in [-0.3, -0.25) is 0 Å². The van der Waals surface area contributed by atoms with E-state index in [4.69, 9.17) is 10.5 Å². The third-order valence-electron chi connectivity index (χ3n) is 3.11. The van der Waals surface area contributed by atoms with Crippen LogP contribution in [0.25, 0.3) is 0 Å². The molecule has 90 valence electrons. The fraction of sp³-hybridized carbons (Fsp3) is 1.00. The average molecular weight is 216 g/mol. The number of hydrogen-bond acceptors (Lipinski definition) is 4. The molecule has 1 unspecified atom stereocenters. The molecule has 0 amide bonds. The molecule has 1 rings (SSSR count). The predicted octanol–water partition coefficient (Wildman–Crippen LogP) is 0.0545. The lowest BCUT2D eigenvalue weighted by molar-refractivity contribution is 0.0290. The van der Waals surface area contributed by atoms with Crippen molar-refractivity contribution >= 4 is 0 Å². The highest BCUT2D eigenvalue weighted by molar-refractivity contribution is 4.74. The van der Waals surface area contributed by atoms with Gasteiger partial charge in [0.25, 0.3) is 0 Å². The van der Waals surface area contributed by atoms with E-state index < -0.39 is 0 Å². The summed E-state index contributed by atoms with van der Waals surface area (Å²) in [4.78, 5) is 2.32. The zero-order valence-corrected chi connectivity index (χ0v) is 9.69. The van der Waals surface area contributed by atoms with Gasteiger partial charge in [0, 0.05) is 13.7 Å².